The van der Waals surface area contributed by atoms with Gasteiger partial charge in [-0.05, 0) is 12.8 Å². The van der Waals surface area contributed by atoms with Gasteiger partial charge in [0.05, 0.1) is 6.04 Å². The van der Waals surface area contributed by atoms with Gasteiger partial charge in [0.1, 0.15) is 6.61 Å². The molecule has 1 aliphatic heterocycles. The van der Waals surface area contributed by atoms with Gasteiger partial charge in [-0.15, -0.1) is 0 Å². The van der Waals surface area contributed by atoms with E-state index < -0.39 is 6.09 Å². The molecule has 1 fully saturated rings. The first-order valence-corrected chi connectivity index (χ1v) is 3.86. The number of nitrogens with one attached hydrogen (secondary N) is 2. The number of ether oxygens (including phenoxy) is 1. The summed E-state index contributed by atoms with van der Waals surface area (Å²) >= 11 is 0. The fourth-order valence-corrected chi connectivity index (χ4v) is 0.910. The van der Waals surface area contributed by atoms with Crippen LogP contribution in [0.25, 0.3) is 0 Å². The highest BCUT2D eigenvalue weighted by molar-refractivity contribution is 5.93. The second-order valence-electron chi connectivity index (χ2n) is 2.52. The van der Waals surface area contributed by atoms with Crippen LogP contribution in [0.2, 0.25) is 0 Å². The topological polar surface area (TPSA) is 67.4 Å². The van der Waals surface area contributed by atoms with Crippen molar-refractivity contribution < 1.29 is 14.3 Å². The third-order valence-corrected chi connectivity index (χ3v) is 1.49. The van der Waals surface area contributed by atoms with Crippen LogP contribution in [-0.4, -0.2) is 31.2 Å². The molecule has 0 radical (unpaired) electrons. The minimum Gasteiger partial charge on any atom is -0.447 e. The highest BCUT2D eigenvalue weighted by Gasteiger charge is 2.21. The maximum absolute atomic E-state index is 10.8. The fraction of sp³-hybridized carbons (Fsp3) is 0.500. The summed E-state index contributed by atoms with van der Waals surface area (Å²) < 4.78 is 4.62. The molecule has 0 spiro atoms. The number of rotatable bonds is 2. The largest absolute Gasteiger partial charge is 0.447 e. The molecular weight excluding hydrogens is 172 g/mol. The third-order valence-electron chi connectivity index (χ3n) is 1.49. The standard InChI is InChI=1S/C8H10N2O3/c1-2-3-7(11)9-4-6-5-13-8(12)10-6/h6H,4-5H2,1H3,(H,9,11)(H,10,12). The summed E-state index contributed by atoms with van der Waals surface area (Å²) in [5.41, 5.74) is 0. The summed E-state index contributed by atoms with van der Waals surface area (Å²) in [7, 11) is 0. The van der Waals surface area contributed by atoms with Gasteiger partial charge in [-0.3, -0.25) is 4.79 Å². The van der Waals surface area contributed by atoms with Crippen molar-refractivity contribution in [2.45, 2.75) is 13.0 Å². The number of carbonyl (C=O) groups excluding carboxylic acids is 2. The molecule has 1 atom stereocenters. The van der Waals surface area contributed by atoms with Crippen LogP contribution in [-0.2, 0) is 9.53 Å². The summed E-state index contributed by atoms with van der Waals surface area (Å²) in [5.74, 6) is 4.45. The molecule has 2 N–H and O–H groups in total. The molecule has 5 heteroatoms. The first-order valence-electron chi connectivity index (χ1n) is 3.86. The van der Waals surface area contributed by atoms with E-state index in [2.05, 4.69) is 27.2 Å². The average Bonchev–Trinajstić information content (AvgIpc) is 2.49. The molecule has 70 valence electrons. The quantitative estimate of drug-likeness (QED) is 0.551. The van der Waals surface area contributed by atoms with Crippen LogP contribution in [0.15, 0.2) is 0 Å². The molecule has 1 aliphatic rings. The fourth-order valence-electron chi connectivity index (χ4n) is 0.910. The lowest BCUT2D eigenvalue weighted by molar-refractivity contribution is -0.115. The van der Waals surface area contributed by atoms with E-state index in [1.54, 1.807) is 6.92 Å². The molecule has 2 amide bonds. The van der Waals surface area contributed by atoms with E-state index in [0.29, 0.717) is 13.2 Å². The van der Waals surface area contributed by atoms with E-state index in [-0.39, 0.29) is 11.9 Å². The van der Waals surface area contributed by atoms with Crippen LogP contribution in [0.1, 0.15) is 6.92 Å². The summed E-state index contributed by atoms with van der Waals surface area (Å²) in [5, 5.41) is 5.07. The molecule has 0 aliphatic carbocycles. The summed E-state index contributed by atoms with van der Waals surface area (Å²) in [6, 6.07) is -0.143. The van der Waals surface area contributed by atoms with Crippen molar-refractivity contribution in [1.29, 1.82) is 0 Å². The molecule has 5 nitrogen and oxygen atoms in total. The van der Waals surface area contributed by atoms with Gasteiger partial charge < -0.3 is 15.4 Å². The van der Waals surface area contributed by atoms with Gasteiger partial charge in [-0.25, -0.2) is 4.79 Å². The molecule has 0 aromatic carbocycles. The van der Waals surface area contributed by atoms with Crippen molar-refractivity contribution in [2.75, 3.05) is 13.2 Å². The Morgan fingerprint density at radius 1 is 1.85 bits per heavy atom. The number of alkyl carbamates (subject to hydrolysis) is 1. The number of carbonyl (C=O) groups is 2. The summed E-state index contributed by atoms with van der Waals surface area (Å²) in [6.45, 7) is 2.22. The first kappa shape index (κ1) is 9.39. The Balaban J connectivity index is 2.22. The molecule has 0 bridgehead atoms. The van der Waals surface area contributed by atoms with Crippen molar-refractivity contribution >= 4 is 12.0 Å². The molecule has 1 unspecified atom stereocenters. The summed E-state index contributed by atoms with van der Waals surface area (Å²) in [6.07, 6.45) is -0.444. The minimum absolute atomic E-state index is 0.143. The van der Waals surface area contributed by atoms with Crippen LogP contribution < -0.4 is 10.6 Å². The average molecular weight is 182 g/mol. The van der Waals surface area contributed by atoms with E-state index >= 15 is 0 Å². The maximum atomic E-state index is 10.8. The Bertz CT molecular complexity index is 277. The monoisotopic (exact) mass is 182 g/mol. The maximum Gasteiger partial charge on any atom is 0.407 e. The van der Waals surface area contributed by atoms with Gasteiger partial charge in [0, 0.05) is 6.54 Å². The van der Waals surface area contributed by atoms with Crippen molar-refractivity contribution in [2.24, 2.45) is 0 Å². The predicted molar refractivity (Wildman–Crippen MR) is 44.7 cm³/mol. The zero-order valence-electron chi connectivity index (χ0n) is 7.22. The molecule has 1 rings (SSSR count). The molecule has 0 aromatic heterocycles. The Morgan fingerprint density at radius 3 is 3.15 bits per heavy atom. The van der Waals surface area contributed by atoms with Gasteiger partial charge in [-0.1, -0.05) is 5.92 Å². The Hall–Kier alpha value is -1.70. The second kappa shape index (κ2) is 4.36. The first-order chi connectivity index (χ1) is 6.22. The van der Waals surface area contributed by atoms with Crippen molar-refractivity contribution in [3.05, 3.63) is 0 Å². The summed E-state index contributed by atoms with van der Waals surface area (Å²) in [4.78, 5) is 21.4. The molecule has 1 heterocycles. The highest BCUT2D eigenvalue weighted by atomic mass is 16.6. The Labute approximate surface area is 75.8 Å². The third kappa shape index (κ3) is 3.03. The minimum atomic E-state index is -0.444. The molecule has 0 saturated carbocycles. The van der Waals surface area contributed by atoms with Crippen LogP contribution in [0.3, 0.4) is 0 Å². The van der Waals surface area contributed by atoms with Gasteiger partial charge in [0.15, 0.2) is 0 Å². The Kier molecular flexibility index (Phi) is 3.15. The Morgan fingerprint density at radius 2 is 2.62 bits per heavy atom. The van der Waals surface area contributed by atoms with E-state index in [4.69, 9.17) is 0 Å². The molecular formula is C8H10N2O3. The van der Waals surface area contributed by atoms with Crippen LogP contribution in [0.5, 0.6) is 0 Å². The number of hydrogen-bond acceptors (Lipinski definition) is 3. The van der Waals surface area contributed by atoms with E-state index in [0.717, 1.165) is 0 Å². The van der Waals surface area contributed by atoms with E-state index in [1.807, 2.05) is 0 Å². The lowest BCUT2D eigenvalue weighted by atomic mass is 10.3. The molecule has 13 heavy (non-hydrogen) atoms. The van der Waals surface area contributed by atoms with E-state index in [9.17, 15) is 9.59 Å². The smallest absolute Gasteiger partial charge is 0.407 e. The normalized spacial score (nSPS) is 19.5. The van der Waals surface area contributed by atoms with E-state index in [1.165, 1.54) is 0 Å². The zero-order valence-corrected chi connectivity index (χ0v) is 7.22. The van der Waals surface area contributed by atoms with Crippen LogP contribution in [0.4, 0.5) is 4.79 Å². The number of cyclic esters (lactones) is 1. The lowest BCUT2D eigenvalue weighted by Crippen LogP contribution is -2.39. The van der Waals surface area contributed by atoms with Crippen LogP contribution >= 0.6 is 0 Å². The zero-order chi connectivity index (χ0) is 9.68. The van der Waals surface area contributed by atoms with Gasteiger partial charge >= 0.3 is 6.09 Å². The predicted octanol–water partition coefficient (Wildman–Crippen LogP) is -0.766. The number of amides is 2. The van der Waals surface area contributed by atoms with Gasteiger partial charge in [0.25, 0.3) is 5.91 Å². The van der Waals surface area contributed by atoms with Crippen molar-refractivity contribution in [3.63, 3.8) is 0 Å². The number of hydrogen-bond donors (Lipinski definition) is 2. The van der Waals surface area contributed by atoms with Gasteiger partial charge in [0.2, 0.25) is 0 Å². The second-order valence-corrected chi connectivity index (χ2v) is 2.52. The van der Waals surface area contributed by atoms with Crippen LogP contribution in [0, 0.1) is 11.8 Å². The molecule has 0 aromatic rings. The van der Waals surface area contributed by atoms with Gasteiger partial charge in [-0.2, -0.15) is 0 Å². The van der Waals surface area contributed by atoms with Crippen molar-refractivity contribution in [1.82, 2.24) is 10.6 Å². The SMILES string of the molecule is CC#CC(=O)NCC1COC(=O)N1. The highest BCUT2D eigenvalue weighted by Crippen LogP contribution is 1.95. The molecule has 1 saturated heterocycles. The lowest BCUT2D eigenvalue weighted by Gasteiger charge is -2.05. The van der Waals surface area contributed by atoms with Crippen molar-refractivity contribution in [3.8, 4) is 11.8 Å².